The fourth-order valence-electron chi connectivity index (χ4n) is 3.19. The van der Waals surface area contributed by atoms with E-state index in [-0.39, 0.29) is 18.9 Å². The highest BCUT2D eigenvalue weighted by molar-refractivity contribution is 5.84. The Bertz CT molecular complexity index is 620. The van der Waals surface area contributed by atoms with E-state index in [9.17, 15) is 19.5 Å². The number of carboxylic acid groups (broad SMARTS) is 2. The lowest BCUT2D eigenvalue weighted by molar-refractivity contribution is -0.140. The molecule has 2 atom stereocenters. The number of likely N-dealkylation sites (tertiary alicyclic amines) is 1. The molecule has 1 aromatic rings. The third kappa shape index (κ3) is 6.15. The molecule has 7 nitrogen and oxygen atoms in total. The van der Waals surface area contributed by atoms with Crippen molar-refractivity contribution in [3.05, 3.63) is 35.9 Å². The maximum Gasteiger partial charge on any atom is 0.320 e. The Kier molecular flexibility index (Phi) is 7.59. The lowest BCUT2D eigenvalue weighted by Gasteiger charge is -2.26. The summed E-state index contributed by atoms with van der Waals surface area (Å²) in [5.41, 5.74) is 1.05. The quantitative estimate of drug-likeness (QED) is 0.615. The van der Waals surface area contributed by atoms with Gasteiger partial charge in [0.2, 0.25) is 5.91 Å². The first-order valence-corrected chi connectivity index (χ1v) is 9.00. The van der Waals surface area contributed by atoms with E-state index in [1.165, 1.54) is 4.90 Å². The second-order valence-electron chi connectivity index (χ2n) is 6.60. The van der Waals surface area contributed by atoms with Crippen molar-refractivity contribution in [3.63, 3.8) is 0 Å². The number of amides is 1. The van der Waals surface area contributed by atoms with Gasteiger partial charge in [0, 0.05) is 13.1 Å². The van der Waals surface area contributed by atoms with Crippen LogP contribution in [0.3, 0.4) is 0 Å². The zero-order chi connectivity index (χ0) is 18.9. The van der Waals surface area contributed by atoms with Crippen molar-refractivity contribution in [1.29, 1.82) is 0 Å². The van der Waals surface area contributed by atoms with Gasteiger partial charge < -0.3 is 15.1 Å². The van der Waals surface area contributed by atoms with Crippen molar-refractivity contribution in [1.82, 2.24) is 10.2 Å². The van der Waals surface area contributed by atoms with E-state index in [1.807, 2.05) is 30.3 Å². The van der Waals surface area contributed by atoms with E-state index < -0.39 is 24.0 Å². The monoisotopic (exact) mass is 362 g/mol. The summed E-state index contributed by atoms with van der Waals surface area (Å²) >= 11 is 0. The van der Waals surface area contributed by atoms with Crippen LogP contribution < -0.4 is 5.32 Å². The van der Waals surface area contributed by atoms with E-state index in [2.05, 4.69) is 5.32 Å². The number of nitrogens with zero attached hydrogens (tertiary/aromatic N) is 1. The van der Waals surface area contributed by atoms with Crippen molar-refractivity contribution in [2.75, 3.05) is 13.1 Å². The van der Waals surface area contributed by atoms with Crippen molar-refractivity contribution < 1.29 is 24.6 Å². The minimum absolute atomic E-state index is 0.102. The first-order chi connectivity index (χ1) is 12.5. The summed E-state index contributed by atoms with van der Waals surface area (Å²) in [5.74, 6) is -2.12. The molecule has 0 bridgehead atoms. The van der Waals surface area contributed by atoms with Gasteiger partial charge >= 0.3 is 11.9 Å². The van der Waals surface area contributed by atoms with Crippen LogP contribution in [0.25, 0.3) is 0 Å². The van der Waals surface area contributed by atoms with Crippen LogP contribution in [0.5, 0.6) is 0 Å². The van der Waals surface area contributed by atoms with Crippen LogP contribution in [0.2, 0.25) is 0 Å². The van der Waals surface area contributed by atoms with Crippen LogP contribution in [-0.4, -0.2) is 58.1 Å². The summed E-state index contributed by atoms with van der Waals surface area (Å²) in [6, 6.07) is 8.23. The number of benzene rings is 1. The van der Waals surface area contributed by atoms with Gasteiger partial charge in [-0.05, 0) is 37.7 Å². The number of carbonyl (C=O) groups excluding carboxylic acids is 1. The molecule has 0 radical (unpaired) electrons. The van der Waals surface area contributed by atoms with Gasteiger partial charge in [-0.25, -0.2) is 0 Å². The van der Waals surface area contributed by atoms with Gasteiger partial charge in [-0.3, -0.25) is 19.7 Å². The largest absolute Gasteiger partial charge is 0.481 e. The average Bonchev–Trinajstić information content (AvgIpc) is 2.79. The third-order valence-electron chi connectivity index (χ3n) is 4.64. The predicted molar refractivity (Wildman–Crippen MR) is 95.8 cm³/mol. The Balaban J connectivity index is 1.97. The molecular weight excluding hydrogens is 336 g/mol. The molecule has 0 spiro atoms. The van der Waals surface area contributed by atoms with Crippen LogP contribution in [0, 0.1) is 0 Å². The molecule has 1 fully saturated rings. The number of aryl methyl sites for hydroxylation is 1. The van der Waals surface area contributed by atoms with Crippen LogP contribution in [0.1, 0.15) is 37.7 Å². The molecule has 2 unspecified atom stereocenters. The number of carbonyl (C=O) groups is 3. The van der Waals surface area contributed by atoms with Crippen molar-refractivity contribution in [3.8, 4) is 0 Å². The molecule has 3 N–H and O–H groups in total. The zero-order valence-corrected chi connectivity index (χ0v) is 14.8. The Labute approximate surface area is 153 Å². The Morgan fingerprint density at radius 2 is 1.92 bits per heavy atom. The summed E-state index contributed by atoms with van der Waals surface area (Å²) in [6.07, 6.45) is 3.06. The molecule has 0 aromatic heterocycles. The fraction of sp³-hybridized carbons (Fsp3) is 0.526. The molecule has 1 aromatic carbocycles. The summed E-state index contributed by atoms with van der Waals surface area (Å²) in [5, 5.41) is 21.3. The molecule has 26 heavy (non-hydrogen) atoms. The molecule has 1 saturated heterocycles. The van der Waals surface area contributed by atoms with Crippen molar-refractivity contribution >= 4 is 17.8 Å². The number of carboxylic acids is 2. The number of rotatable bonds is 9. The maximum absolute atomic E-state index is 12.7. The molecule has 0 aliphatic carbocycles. The number of nitrogens with one attached hydrogen (secondary N) is 1. The molecule has 1 heterocycles. The third-order valence-corrected chi connectivity index (χ3v) is 4.64. The first-order valence-electron chi connectivity index (χ1n) is 9.00. The molecule has 7 heteroatoms. The number of aliphatic carboxylic acids is 2. The van der Waals surface area contributed by atoms with Crippen molar-refractivity contribution in [2.24, 2.45) is 0 Å². The van der Waals surface area contributed by atoms with Crippen LogP contribution >= 0.6 is 0 Å². The highest BCUT2D eigenvalue weighted by Gasteiger charge is 2.30. The molecule has 1 amide bonds. The summed E-state index contributed by atoms with van der Waals surface area (Å²) < 4.78 is 0. The minimum atomic E-state index is -0.977. The minimum Gasteiger partial charge on any atom is -0.481 e. The molecule has 142 valence electrons. The Hall–Kier alpha value is -2.41. The lowest BCUT2D eigenvalue weighted by atomic mass is 10.0. The van der Waals surface area contributed by atoms with Crippen molar-refractivity contribution in [2.45, 2.75) is 50.6 Å². The summed E-state index contributed by atoms with van der Waals surface area (Å²) in [4.78, 5) is 36.6. The molecule has 1 aliphatic heterocycles. The number of hydrogen-bond donors (Lipinski definition) is 3. The van der Waals surface area contributed by atoms with E-state index in [1.54, 1.807) is 0 Å². The van der Waals surface area contributed by atoms with Crippen LogP contribution in [0.4, 0.5) is 0 Å². The highest BCUT2D eigenvalue weighted by Crippen LogP contribution is 2.15. The van der Waals surface area contributed by atoms with Gasteiger partial charge in [0.1, 0.15) is 6.04 Å². The molecule has 2 rings (SSSR count). The normalized spacial score (nSPS) is 19.0. The van der Waals surface area contributed by atoms with E-state index in [4.69, 9.17) is 5.11 Å². The molecule has 0 saturated carbocycles. The van der Waals surface area contributed by atoms with E-state index in [0.717, 1.165) is 18.4 Å². The standard InChI is InChI=1S/C19H26N2O5/c22-17(23)11-13-21-12-5-4-8-15(18(21)24)20-16(19(25)26)10-9-14-6-2-1-3-7-14/h1-3,6-7,15-16,20H,4-5,8-13H2,(H,22,23)(H,25,26). The smallest absolute Gasteiger partial charge is 0.320 e. The van der Waals surface area contributed by atoms with Gasteiger partial charge in [0.05, 0.1) is 12.5 Å². The topological polar surface area (TPSA) is 107 Å². The summed E-state index contributed by atoms with van der Waals surface area (Å²) in [6.45, 7) is 0.681. The first kappa shape index (κ1) is 19.9. The lowest BCUT2D eigenvalue weighted by Crippen LogP contribution is -2.51. The SMILES string of the molecule is O=C(O)CCN1CCCCC(NC(CCc2ccccc2)C(=O)O)C1=O. The van der Waals surface area contributed by atoms with E-state index in [0.29, 0.717) is 25.8 Å². The Morgan fingerprint density at radius 1 is 1.19 bits per heavy atom. The average molecular weight is 362 g/mol. The van der Waals surface area contributed by atoms with Gasteiger partial charge in [0.25, 0.3) is 0 Å². The second kappa shape index (κ2) is 9.91. The number of hydrogen-bond acceptors (Lipinski definition) is 4. The van der Waals surface area contributed by atoms with Gasteiger partial charge in [-0.15, -0.1) is 0 Å². The zero-order valence-electron chi connectivity index (χ0n) is 14.8. The van der Waals surface area contributed by atoms with Gasteiger partial charge in [-0.1, -0.05) is 30.3 Å². The van der Waals surface area contributed by atoms with Crippen LogP contribution in [-0.2, 0) is 20.8 Å². The van der Waals surface area contributed by atoms with Crippen LogP contribution in [0.15, 0.2) is 30.3 Å². The maximum atomic E-state index is 12.7. The van der Waals surface area contributed by atoms with Gasteiger partial charge in [-0.2, -0.15) is 0 Å². The molecule has 1 aliphatic rings. The predicted octanol–water partition coefficient (Wildman–Crippen LogP) is 1.52. The highest BCUT2D eigenvalue weighted by atomic mass is 16.4. The van der Waals surface area contributed by atoms with Gasteiger partial charge in [0.15, 0.2) is 0 Å². The molecular formula is C19H26N2O5. The fourth-order valence-corrected chi connectivity index (χ4v) is 3.19. The summed E-state index contributed by atoms with van der Waals surface area (Å²) in [7, 11) is 0. The Morgan fingerprint density at radius 3 is 2.58 bits per heavy atom. The van der Waals surface area contributed by atoms with E-state index >= 15 is 0 Å². The second-order valence-corrected chi connectivity index (χ2v) is 6.60.